The zero-order chi connectivity index (χ0) is 23.5. The van der Waals surface area contributed by atoms with Gasteiger partial charge in [0.1, 0.15) is 22.7 Å². The number of aromatic nitrogens is 2. The molecule has 0 aliphatic carbocycles. The maximum Gasteiger partial charge on any atom is 0.271 e. The number of rotatable bonds is 6. The van der Waals surface area contributed by atoms with E-state index in [-0.39, 0.29) is 18.0 Å². The van der Waals surface area contributed by atoms with Gasteiger partial charge in [0, 0.05) is 16.6 Å². The predicted molar refractivity (Wildman–Crippen MR) is 136 cm³/mol. The fraction of sp³-hybridized carbons (Fsp3) is 0.0741. The van der Waals surface area contributed by atoms with Gasteiger partial charge in [0.25, 0.3) is 5.56 Å². The van der Waals surface area contributed by atoms with Crippen LogP contribution in [0.1, 0.15) is 5.56 Å². The normalized spacial score (nSPS) is 10.9. The highest BCUT2D eigenvalue weighted by molar-refractivity contribution is 7.17. The van der Waals surface area contributed by atoms with Crippen LogP contribution in [-0.4, -0.2) is 15.5 Å². The number of ether oxygens (including phenoxy) is 1. The summed E-state index contributed by atoms with van der Waals surface area (Å²) in [5.41, 5.74) is 4.15. The molecular weight excluding hydrogens is 446 g/mol. The Labute approximate surface area is 200 Å². The number of nitrogens with one attached hydrogen (secondary N) is 1. The van der Waals surface area contributed by atoms with Crippen molar-refractivity contribution in [1.82, 2.24) is 9.55 Å². The van der Waals surface area contributed by atoms with Crippen molar-refractivity contribution in [2.75, 3.05) is 5.32 Å². The Hall–Kier alpha value is -4.23. The van der Waals surface area contributed by atoms with Gasteiger partial charge in [-0.15, -0.1) is 11.3 Å². The highest BCUT2D eigenvalue weighted by Gasteiger charge is 2.14. The molecule has 1 N–H and O–H groups in total. The lowest BCUT2D eigenvalue weighted by atomic mass is 10.1. The van der Waals surface area contributed by atoms with Gasteiger partial charge in [0.2, 0.25) is 5.91 Å². The van der Waals surface area contributed by atoms with Crippen molar-refractivity contribution < 1.29 is 9.53 Å². The summed E-state index contributed by atoms with van der Waals surface area (Å²) in [4.78, 5) is 30.0. The molecule has 2 heterocycles. The summed E-state index contributed by atoms with van der Waals surface area (Å²) in [6.45, 7) is 1.91. The van der Waals surface area contributed by atoms with Crippen LogP contribution in [0.5, 0.6) is 11.5 Å². The Kier molecular flexibility index (Phi) is 5.93. The number of nitrogens with zero attached hydrogens (tertiary/aromatic N) is 2. The highest BCUT2D eigenvalue weighted by Crippen LogP contribution is 2.30. The molecule has 0 spiro atoms. The minimum Gasteiger partial charge on any atom is -0.457 e. The number of anilines is 1. The smallest absolute Gasteiger partial charge is 0.271 e. The number of hydrogen-bond acceptors (Lipinski definition) is 5. The standard InChI is InChI=1S/C27H21N3O3S/c1-18-7-9-19(10-8-18)23-16-34-26-25(23)28-17-30(27(26)32)15-24(31)29-20-11-13-22(14-12-20)33-21-5-3-2-4-6-21/h2-14,16-17H,15H2,1H3,(H,29,31). The van der Waals surface area contributed by atoms with E-state index in [4.69, 9.17) is 4.74 Å². The fourth-order valence-corrected chi connectivity index (χ4v) is 4.55. The van der Waals surface area contributed by atoms with Crippen molar-refractivity contribution in [2.45, 2.75) is 13.5 Å². The van der Waals surface area contributed by atoms with Crippen molar-refractivity contribution in [3.63, 3.8) is 0 Å². The number of aryl methyl sites for hydroxylation is 1. The SMILES string of the molecule is Cc1ccc(-c2csc3c(=O)n(CC(=O)Nc4ccc(Oc5ccccc5)cc4)cnc23)cc1. The third-order valence-corrected chi connectivity index (χ3v) is 6.30. The number of benzene rings is 3. The molecule has 0 bridgehead atoms. The van der Waals surface area contributed by atoms with Crippen LogP contribution in [0.3, 0.4) is 0 Å². The van der Waals surface area contributed by atoms with E-state index in [1.165, 1.54) is 27.8 Å². The van der Waals surface area contributed by atoms with Gasteiger partial charge in [-0.25, -0.2) is 4.98 Å². The Balaban J connectivity index is 1.28. The summed E-state index contributed by atoms with van der Waals surface area (Å²) >= 11 is 1.35. The van der Waals surface area contributed by atoms with Gasteiger partial charge in [-0.1, -0.05) is 48.0 Å². The lowest BCUT2D eigenvalue weighted by Crippen LogP contribution is -2.27. The molecular formula is C27H21N3O3S. The van der Waals surface area contributed by atoms with Crippen LogP contribution in [0.25, 0.3) is 21.3 Å². The fourth-order valence-electron chi connectivity index (χ4n) is 3.58. The van der Waals surface area contributed by atoms with Crippen LogP contribution in [-0.2, 0) is 11.3 Å². The molecule has 5 rings (SSSR count). The van der Waals surface area contributed by atoms with Crippen molar-refractivity contribution in [2.24, 2.45) is 0 Å². The molecule has 34 heavy (non-hydrogen) atoms. The van der Waals surface area contributed by atoms with E-state index in [1.54, 1.807) is 24.3 Å². The van der Waals surface area contributed by atoms with Crippen molar-refractivity contribution in [1.29, 1.82) is 0 Å². The summed E-state index contributed by atoms with van der Waals surface area (Å²) in [5.74, 6) is 1.09. The molecule has 0 aliphatic heterocycles. The Morgan fingerprint density at radius 2 is 1.68 bits per heavy atom. The van der Waals surface area contributed by atoms with Crippen molar-refractivity contribution in [3.8, 4) is 22.6 Å². The first-order valence-corrected chi connectivity index (χ1v) is 11.6. The second-order valence-corrected chi connectivity index (χ2v) is 8.74. The topological polar surface area (TPSA) is 73.2 Å². The quantitative estimate of drug-likeness (QED) is 0.339. The Morgan fingerprint density at radius 3 is 2.41 bits per heavy atom. The second kappa shape index (κ2) is 9.33. The van der Waals surface area contributed by atoms with Gasteiger partial charge in [0.15, 0.2) is 0 Å². The van der Waals surface area contributed by atoms with Crippen LogP contribution in [0.4, 0.5) is 5.69 Å². The predicted octanol–water partition coefficient (Wildman–Crippen LogP) is 5.86. The number of carbonyl (C=O) groups is 1. The number of para-hydroxylation sites is 1. The van der Waals surface area contributed by atoms with Crippen LogP contribution >= 0.6 is 11.3 Å². The van der Waals surface area contributed by atoms with E-state index < -0.39 is 0 Å². The van der Waals surface area contributed by atoms with Gasteiger partial charge in [-0.2, -0.15) is 0 Å². The maximum atomic E-state index is 13.0. The average Bonchev–Trinajstić information content (AvgIpc) is 3.28. The third kappa shape index (κ3) is 4.60. The average molecular weight is 468 g/mol. The van der Waals surface area contributed by atoms with Gasteiger partial charge in [0.05, 0.1) is 11.8 Å². The molecule has 0 saturated heterocycles. The number of amides is 1. The molecule has 0 atom stereocenters. The summed E-state index contributed by atoms with van der Waals surface area (Å²) in [5, 5.41) is 4.75. The van der Waals surface area contributed by atoms with E-state index in [9.17, 15) is 9.59 Å². The van der Waals surface area contributed by atoms with E-state index in [0.717, 1.165) is 16.9 Å². The zero-order valence-electron chi connectivity index (χ0n) is 18.4. The zero-order valence-corrected chi connectivity index (χ0v) is 19.2. The first-order chi connectivity index (χ1) is 16.6. The number of thiophene rings is 1. The summed E-state index contributed by atoms with van der Waals surface area (Å²) in [6.07, 6.45) is 1.44. The maximum absolute atomic E-state index is 13.0. The summed E-state index contributed by atoms with van der Waals surface area (Å²) in [7, 11) is 0. The summed E-state index contributed by atoms with van der Waals surface area (Å²) in [6, 6.07) is 24.6. The molecule has 0 fully saturated rings. The first kappa shape index (κ1) is 21.6. The minimum atomic E-state index is -0.310. The highest BCUT2D eigenvalue weighted by atomic mass is 32.1. The van der Waals surface area contributed by atoms with Gasteiger partial charge in [-0.3, -0.25) is 14.2 Å². The molecule has 0 unspecified atom stereocenters. The second-order valence-electron chi connectivity index (χ2n) is 7.86. The monoisotopic (exact) mass is 467 g/mol. The van der Waals surface area contributed by atoms with Crippen LogP contribution in [0.2, 0.25) is 0 Å². The molecule has 2 aromatic heterocycles. The van der Waals surface area contributed by atoms with Crippen molar-refractivity contribution in [3.05, 3.63) is 106 Å². The van der Waals surface area contributed by atoms with Crippen LogP contribution in [0, 0.1) is 6.92 Å². The third-order valence-electron chi connectivity index (χ3n) is 5.34. The lowest BCUT2D eigenvalue weighted by Gasteiger charge is -2.09. The Morgan fingerprint density at radius 1 is 0.971 bits per heavy atom. The molecule has 6 nitrogen and oxygen atoms in total. The Bertz CT molecular complexity index is 1510. The molecule has 1 amide bonds. The van der Waals surface area contributed by atoms with Gasteiger partial charge >= 0.3 is 0 Å². The molecule has 0 radical (unpaired) electrons. The number of fused-ring (bicyclic) bond motifs is 1. The molecule has 0 saturated carbocycles. The molecule has 168 valence electrons. The molecule has 7 heteroatoms. The van der Waals surface area contributed by atoms with Gasteiger partial charge in [-0.05, 0) is 48.9 Å². The van der Waals surface area contributed by atoms with E-state index in [2.05, 4.69) is 10.3 Å². The van der Waals surface area contributed by atoms with Crippen molar-refractivity contribution >= 4 is 33.1 Å². The van der Waals surface area contributed by atoms with E-state index >= 15 is 0 Å². The molecule has 0 aliphatic rings. The van der Waals surface area contributed by atoms with Crippen LogP contribution < -0.4 is 15.6 Å². The molecule has 5 aromatic rings. The van der Waals surface area contributed by atoms with Gasteiger partial charge < -0.3 is 10.1 Å². The first-order valence-electron chi connectivity index (χ1n) is 10.7. The largest absolute Gasteiger partial charge is 0.457 e. The number of carbonyl (C=O) groups excluding carboxylic acids is 1. The molecule has 3 aromatic carbocycles. The summed E-state index contributed by atoms with van der Waals surface area (Å²) < 4.78 is 7.63. The van der Waals surface area contributed by atoms with E-state index in [0.29, 0.717) is 21.7 Å². The number of hydrogen-bond donors (Lipinski definition) is 1. The van der Waals surface area contributed by atoms with E-state index in [1.807, 2.05) is 66.9 Å². The van der Waals surface area contributed by atoms with Crippen LogP contribution in [0.15, 0.2) is 95.4 Å². The lowest BCUT2D eigenvalue weighted by molar-refractivity contribution is -0.116. The minimum absolute atomic E-state index is 0.123.